The Labute approximate surface area is 122 Å². The SMILES string of the molecule is COc1cccc(C2C(CN)CCCCN2C2CC2)c1. The molecule has 1 aromatic rings. The van der Waals surface area contributed by atoms with Crippen LogP contribution in [0.25, 0.3) is 0 Å². The fraction of sp³-hybridized carbons (Fsp3) is 0.647. The van der Waals surface area contributed by atoms with Gasteiger partial charge in [-0.3, -0.25) is 4.90 Å². The number of methoxy groups -OCH3 is 1. The van der Waals surface area contributed by atoms with Crippen molar-refractivity contribution in [2.24, 2.45) is 11.7 Å². The Balaban J connectivity index is 1.93. The molecule has 3 nitrogen and oxygen atoms in total. The summed E-state index contributed by atoms with van der Waals surface area (Å²) in [4.78, 5) is 2.72. The zero-order valence-electron chi connectivity index (χ0n) is 12.4. The zero-order valence-corrected chi connectivity index (χ0v) is 12.4. The molecule has 0 radical (unpaired) electrons. The summed E-state index contributed by atoms with van der Waals surface area (Å²) in [6, 6.07) is 9.85. The molecule has 0 aromatic heterocycles. The summed E-state index contributed by atoms with van der Waals surface area (Å²) in [5.74, 6) is 1.53. The molecule has 1 aromatic carbocycles. The highest BCUT2D eigenvalue weighted by atomic mass is 16.5. The molecule has 2 fully saturated rings. The molecule has 1 heterocycles. The molecule has 1 aliphatic heterocycles. The van der Waals surface area contributed by atoms with Gasteiger partial charge in [-0.05, 0) is 62.4 Å². The highest BCUT2D eigenvalue weighted by molar-refractivity contribution is 5.31. The van der Waals surface area contributed by atoms with Gasteiger partial charge in [0.25, 0.3) is 0 Å². The van der Waals surface area contributed by atoms with Gasteiger partial charge in [0.15, 0.2) is 0 Å². The second kappa shape index (κ2) is 6.15. The first-order chi connectivity index (χ1) is 9.83. The fourth-order valence-corrected chi connectivity index (χ4v) is 3.62. The van der Waals surface area contributed by atoms with Gasteiger partial charge in [-0.1, -0.05) is 18.6 Å². The lowest BCUT2D eigenvalue weighted by Gasteiger charge is -2.35. The van der Waals surface area contributed by atoms with Crippen LogP contribution in [0, 0.1) is 5.92 Å². The largest absolute Gasteiger partial charge is 0.497 e. The maximum Gasteiger partial charge on any atom is 0.119 e. The minimum absolute atomic E-state index is 0.477. The Hall–Kier alpha value is -1.06. The van der Waals surface area contributed by atoms with E-state index < -0.39 is 0 Å². The van der Waals surface area contributed by atoms with E-state index in [2.05, 4.69) is 23.1 Å². The van der Waals surface area contributed by atoms with Crippen LogP contribution in [-0.2, 0) is 0 Å². The molecule has 2 N–H and O–H groups in total. The molecule has 0 spiro atoms. The number of hydrogen-bond donors (Lipinski definition) is 1. The molecule has 20 heavy (non-hydrogen) atoms. The molecule has 2 aliphatic rings. The number of hydrogen-bond acceptors (Lipinski definition) is 3. The van der Waals surface area contributed by atoms with Gasteiger partial charge in [0, 0.05) is 12.1 Å². The fourth-order valence-electron chi connectivity index (χ4n) is 3.62. The molecule has 1 aliphatic carbocycles. The van der Waals surface area contributed by atoms with Crippen LogP contribution in [0.3, 0.4) is 0 Å². The third kappa shape index (κ3) is 2.84. The predicted octanol–water partition coefficient (Wildman–Crippen LogP) is 2.96. The van der Waals surface area contributed by atoms with Crippen LogP contribution in [0.1, 0.15) is 43.7 Å². The van der Waals surface area contributed by atoms with Gasteiger partial charge in [0.1, 0.15) is 5.75 Å². The molecule has 1 saturated heterocycles. The second-order valence-electron chi connectivity index (χ2n) is 6.18. The van der Waals surface area contributed by atoms with Gasteiger partial charge in [-0.25, -0.2) is 0 Å². The highest BCUT2D eigenvalue weighted by Crippen LogP contribution is 2.42. The van der Waals surface area contributed by atoms with Crippen LogP contribution in [0.4, 0.5) is 0 Å². The molecule has 2 unspecified atom stereocenters. The lowest BCUT2D eigenvalue weighted by molar-refractivity contribution is 0.149. The summed E-state index contributed by atoms with van der Waals surface area (Å²) in [7, 11) is 1.74. The molecule has 2 atom stereocenters. The van der Waals surface area contributed by atoms with Gasteiger partial charge < -0.3 is 10.5 Å². The van der Waals surface area contributed by atoms with Crippen molar-refractivity contribution >= 4 is 0 Å². The Kier molecular flexibility index (Phi) is 4.27. The van der Waals surface area contributed by atoms with E-state index in [1.54, 1.807) is 7.11 Å². The van der Waals surface area contributed by atoms with Crippen molar-refractivity contribution in [3.05, 3.63) is 29.8 Å². The van der Waals surface area contributed by atoms with Crippen LogP contribution in [0.2, 0.25) is 0 Å². The molecule has 1 saturated carbocycles. The zero-order chi connectivity index (χ0) is 13.9. The maximum absolute atomic E-state index is 6.10. The van der Waals surface area contributed by atoms with Crippen molar-refractivity contribution in [1.29, 1.82) is 0 Å². The Morgan fingerprint density at radius 1 is 1.25 bits per heavy atom. The lowest BCUT2D eigenvalue weighted by Crippen LogP contribution is -2.37. The van der Waals surface area contributed by atoms with E-state index in [4.69, 9.17) is 10.5 Å². The summed E-state index contributed by atoms with van der Waals surface area (Å²) in [5.41, 5.74) is 7.48. The third-order valence-corrected chi connectivity index (χ3v) is 4.80. The van der Waals surface area contributed by atoms with Crippen molar-refractivity contribution in [1.82, 2.24) is 4.90 Å². The smallest absolute Gasteiger partial charge is 0.119 e. The Morgan fingerprint density at radius 2 is 2.10 bits per heavy atom. The van der Waals surface area contributed by atoms with E-state index >= 15 is 0 Å². The van der Waals surface area contributed by atoms with Gasteiger partial charge in [0.05, 0.1) is 7.11 Å². The van der Waals surface area contributed by atoms with E-state index in [-0.39, 0.29) is 0 Å². The summed E-state index contributed by atoms with van der Waals surface area (Å²) >= 11 is 0. The van der Waals surface area contributed by atoms with Crippen molar-refractivity contribution in [3.8, 4) is 5.75 Å². The van der Waals surface area contributed by atoms with E-state index in [0.717, 1.165) is 18.3 Å². The molecule has 3 heteroatoms. The van der Waals surface area contributed by atoms with Crippen molar-refractivity contribution in [2.45, 2.75) is 44.2 Å². The second-order valence-corrected chi connectivity index (χ2v) is 6.18. The predicted molar refractivity (Wildman–Crippen MR) is 81.9 cm³/mol. The lowest BCUT2D eigenvalue weighted by atomic mass is 9.89. The average molecular weight is 274 g/mol. The van der Waals surface area contributed by atoms with E-state index in [1.165, 1.54) is 44.2 Å². The summed E-state index contributed by atoms with van der Waals surface area (Å²) in [5, 5.41) is 0. The number of ether oxygens (including phenoxy) is 1. The Morgan fingerprint density at radius 3 is 2.80 bits per heavy atom. The Bertz CT molecular complexity index is 444. The maximum atomic E-state index is 6.10. The summed E-state index contributed by atoms with van der Waals surface area (Å²) in [6.07, 6.45) is 6.59. The van der Waals surface area contributed by atoms with Gasteiger partial charge >= 0.3 is 0 Å². The minimum Gasteiger partial charge on any atom is -0.497 e. The molecule has 0 amide bonds. The van der Waals surface area contributed by atoms with Crippen LogP contribution < -0.4 is 10.5 Å². The monoisotopic (exact) mass is 274 g/mol. The van der Waals surface area contributed by atoms with Crippen LogP contribution in [0.5, 0.6) is 5.75 Å². The highest BCUT2D eigenvalue weighted by Gasteiger charge is 2.38. The van der Waals surface area contributed by atoms with E-state index in [1.807, 2.05) is 6.07 Å². The molecule has 110 valence electrons. The summed E-state index contributed by atoms with van der Waals surface area (Å²) < 4.78 is 5.41. The average Bonchev–Trinajstić information content (AvgIpc) is 3.32. The topological polar surface area (TPSA) is 38.5 Å². The molecular formula is C17H26N2O. The number of nitrogens with two attached hydrogens (primary N) is 1. The van der Waals surface area contributed by atoms with E-state index in [0.29, 0.717) is 12.0 Å². The molecule has 0 bridgehead atoms. The first kappa shape index (κ1) is 13.9. The van der Waals surface area contributed by atoms with Gasteiger partial charge in [0.2, 0.25) is 0 Å². The van der Waals surface area contributed by atoms with Crippen molar-refractivity contribution < 1.29 is 4.74 Å². The van der Waals surface area contributed by atoms with Crippen molar-refractivity contribution in [3.63, 3.8) is 0 Å². The minimum atomic E-state index is 0.477. The normalized spacial score (nSPS) is 28.1. The number of likely N-dealkylation sites (tertiary alicyclic amines) is 1. The van der Waals surface area contributed by atoms with Gasteiger partial charge in [-0.15, -0.1) is 0 Å². The third-order valence-electron chi connectivity index (χ3n) is 4.80. The van der Waals surface area contributed by atoms with Crippen LogP contribution in [0.15, 0.2) is 24.3 Å². The van der Waals surface area contributed by atoms with E-state index in [9.17, 15) is 0 Å². The van der Waals surface area contributed by atoms with Crippen LogP contribution in [-0.4, -0.2) is 31.1 Å². The van der Waals surface area contributed by atoms with Gasteiger partial charge in [-0.2, -0.15) is 0 Å². The molecule has 3 rings (SSSR count). The van der Waals surface area contributed by atoms with Crippen LogP contribution >= 0.6 is 0 Å². The van der Waals surface area contributed by atoms with Crippen molar-refractivity contribution in [2.75, 3.05) is 20.2 Å². The number of nitrogens with zero attached hydrogens (tertiary/aromatic N) is 1. The molecular weight excluding hydrogens is 248 g/mol. The first-order valence-electron chi connectivity index (χ1n) is 7.93. The summed E-state index contributed by atoms with van der Waals surface area (Å²) in [6.45, 7) is 2.01. The first-order valence-corrected chi connectivity index (χ1v) is 7.93. The quantitative estimate of drug-likeness (QED) is 0.917. The standard InChI is InChI=1S/C17H26N2O/c1-20-16-7-4-6-13(11-16)17-14(12-18)5-2-3-10-19(17)15-8-9-15/h4,6-7,11,14-15,17H,2-3,5,8-10,12,18H2,1H3. The number of benzene rings is 1. The number of rotatable bonds is 4.